The number of ether oxygens (including phenoxy) is 1. The van der Waals surface area contributed by atoms with Gasteiger partial charge in [0.25, 0.3) is 5.56 Å². The van der Waals surface area contributed by atoms with Crippen LogP contribution in [0, 0.1) is 12.3 Å². The van der Waals surface area contributed by atoms with Gasteiger partial charge in [-0.3, -0.25) is 4.79 Å². The first kappa shape index (κ1) is 12.0. The first-order chi connectivity index (χ1) is 7.40. The van der Waals surface area contributed by atoms with E-state index in [0.717, 1.165) is 7.11 Å². The lowest BCUT2D eigenvalue weighted by molar-refractivity contribution is 0.0595. The van der Waals surface area contributed by atoms with Gasteiger partial charge in [-0.1, -0.05) is 0 Å². The number of hydrogen-bond donors (Lipinski definition) is 3. The highest BCUT2D eigenvalue weighted by atomic mass is 16.5. The average molecular weight is 224 g/mol. The Morgan fingerprint density at radius 2 is 2.06 bits per heavy atom. The molecule has 0 spiro atoms. The third kappa shape index (κ3) is 1.81. The predicted molar refractivity (Wildman–Crippen MR) is 57.3 cm³/mol. The second-order valence-corrected chi connectivity index (χ2v) is 3.29. The second-order valence-electron chi connectivity index (χ2n) is 3.29. The smallest absolute Gasteiger partial charge is 0.347 e. The molecule has 0 aliphatic heterocycles. The van der Waals surface area contributed by atoms with Gasteiger partial charge in [0, 0.05) is 5.56 Å². The molecule has 6 nitrogen and oxygen atoms in total. The van der Waals surface area contributed by atoms with Gasteiger partial charge in [0.2, 0.25) is 0 Å². The van der Waals surface area contributed by atoms with Crippen LogP contribution >= 0.6 is 0 Å². The summed E-state index contributed by atoms with van der Waals surface area (Å²) in [6.45, 7) is 2.97. The molecule has 0 atom stereocenters. The van der Waals surface area contributed by atoms with Crippen LogP contribution < -0.4 is 5.56 Å². The number of aromatic amines is 1. The lowest BCUT2D eigenvalue weighted by Gasteiger charge is -2.09. The van der Waals surface area contributed by atoms with Crippen LogP contribution in [0.4, 0.5) is 0 Å². The first-order valence-corrected chi connectivity index (χ1v) is 4.49. The minimum atomic E-state index is -0.906. The fraction of sp³-hybridized carbons (Fsp3) is 0.300. The number of esters is 1. The Hall–Kier alpha value is -2.11. The number of nitrogens with one attached hydrogen (secondary N) is 2. The molecule has 0 aromatic carbocycles. The van der Waals surface area contributed by atoms with Gasteiger partial charge in [-0.2, -0.15) is 0 Å². The van der Waals surface area contributed by atoms with Crippen molar-refractivity contribution in [2.24, 2.45) is 0 Å². The highest BCUT2D eigenvalue weighted by Gasteiger charge is 2.21. The number of rotatable bonds is 2. The fourth-order valence-electron chi connectivity index (χ4n) is 1.35. The van der Waals surface area contributed by atoms with E-state index < -0.39 is 22.8 Å². The van der Waals surface area contributed by atoms with E-state index in [2.05, 4.69) is 9.72 Å². The maximum Gasteiger partial charge on any atom is 0.347 e. The summed E-state index contributed by atoms with van der Waals surface area (Å²) in [5.74, 6) is -1.35. The van der Waals surface area contributed by atoms with Gasteiger partial charge in [0.1, 0.15) is 5.75 Å². The van der Waals surface area contributed by atoms with Gasteiger partial charge in [-0.25, -0.2) is 4.79 Å². The molecular weight excluding hydrogens is 212 g/mol. The highest BCUT2D eigenvalue weighted by Crippen LogP contribution is 2.21. The number of carbonyl (C=O) groups is 1. The SMILES string of the molecule is COC(=O)c1c(O)c(C)c(C(C)=N)[nH]c1=O. The monoisotopic (exact) mass is 224 g/mol. The Labute approximate surface area is 91.4 Å². The molecule has 0 aliphatic carbocycles. The number of methoxy groups -OCH3 is 1. The number of carbonyl (C=O) groups excluding carboxylic acids is 1. The van der Waals surface area contributed by atoms with Crippen molar-refractivity contribution in [1.82, 2.24) is 4.98 Å². The van der Waals surface area contributed by atoms with Gasteiger partial charge >= 0.3 is 5.97 Å². The molecule has 0 unspecified atom stereocenters. The molecule has 0 amide bonds. The quantitative estimate of drug-likeness (QED) is 0.504. The van der Waals surface area contributed by atoms with Crippen LogP contribution in [0.25, 0.3) is 0 Å². The molecule has 1 rings (SSSR count). The third-order valence-corrected chi connectivity index (χ3v) is 2.20. The van der Waals surface area contributed by atoms with Crippen molar-refractivity contribution >= 4 is 11.7 Å². The zero-order valence-electron chi connectivity index (χ0n) is 9.17. The van der Waals surface area contributed by atoms with E-state index in [0.29, 0.717) is 0 Å². The zero-order valence-corrected chi connectivity index (χ0v) is 9.17. The minimum Gasteiger partial charge on any atom is -0.506 e. The minimum absolute atomic E-state index is 0.0984. The zero-order chi connectivity index (χ0) is 12.5. The Morgan fingerprint density at radius 3 is 2.50 bits per heavy atom. The Bertz CT molecular complexity index is 516. The summed E-state index contributed by atoms with van der Waals surface area (Å²) in [6.07, 6.45) is 0. The molecule has 0 radical (unpaired) electrons. The Balaban J connectivity index is 3.59. The summed E-state index contributed by atoms with van der Waals surface area (Å²) < 4.78 is 4.38. The number of pyridine rings is 1. The predicted octanol–water partition coefficient (Wildman–Crippen LogP) is 0.563. The molecule has 86 valence electrons. The Kier molecular flexibility index (Phi) is 3.12. The van der Waals surface area contributed by atoms with Crippen molar-refractivity contribution in [3.63, 3.8) is 0 Å². The molecule has 1 heterocycles. The summed E-state index contributed by atoms with van der Waals surface area (Å²) in [7, 11) is 1.12. The van der Waals surface area contributed by atoms with Crippen LogP contribution in [0.5, 0.6) is 5.75 Å². The molecular formula is C10H12N2O4. The molecule has 0 bridgehead atoms. The van der Waals surface area contributed by atoms with E-state index >= 15 is 0 Å². The lowest BCUT2D eigenvalue weighted by atomic mass is 10.1. The van der Waals surface area contributed by atoms with Gasteiger partial charge < -0.3 is 20.2 Å². The van der Waals surface area contributed by atoms with E-state index in [1.807, 2.05) is 0 Å². The molecule has 0 aliphatic rings. The van der Waals surface area contributed by atoms with Gasteiger partial charge in [-0.05, 0) is 13.8 Å². The molecule has 16 heavy (non-hydrogen) atoms. The van der Waals surface area contributed by atoms with Gasteiger partial charge in [0.15, 0.2) is 5.56 Å². The normalized spacial score (nSPS) is 9.94. The van der Waals surface area contributed by atoms with Crippen molar-refractivity contribution in [3.8, 4) is 5.75 Å². The molecule has 0 saturated carbocycles. The van der Waals surface area contributed by atoms with Crippen LogP contribution in [-0.2, 0) is 4.74 Å². The molecule has 3 N–H and O–H groups in total. The number of hydrogen-bond acceptors (Lipinski definition) is 5. The molecule has 0 fully saturated rings. The lowest BCUT2D eigenvalue weighted by Crippen LogP contribution is -2.22. The van der Waals surface area contributed by atoms with Gasteiger partial charge in [0.05, 0.1) is 18.5 Å². The fourth-order valence-corrected chi connectivity index (χ4v) is 1.35. The second kappa shape index (κ2) is 4.18. The third-order valence-electron chi connectivity index (χ3n) is 2.20. The van der Waals surface area contributed by atoms with E-state index in [1.54, 1.807) is 0 Å². The van der Waals surface area contributed by atoms with Crippen molar-refractivity contribution in [2.45, 2.75) is 13.8 Å². The summed E-state index contributed by atoms with van der Waals surface area (Å²) in [5.41, 5.74) is -0.634. The van der Waals surface area contributed by atoms with E-state index in [4.69, 9.17) is 5.41 Å². The van der Waals surface area contributed by atoms with Crippen LogP contribution in [-0.4, -0.2) is 28.9 Å². The molecule has 0 saturated heterocycles. The molecule has 6 heteroatoms. The Morgan fingerprint density at radius 1 is 1.50 bits per heavy atom. The topological polar surface area (TPSA) is 103 Å². The largest absolute Gasteiger partial charge is 0.506 e. The maximum atomic E-state index is 11.5. The molecule has 1 aromatic heterocycles. The standard InChI is InChI=1S/C10H12N2O4/c1-4-7(5(2)11)12-9(14)6(8(4)13)10(15)16-3/h11H,1-3H3,(H2,12,13,14). The number of aromatic nitrogens is 1. The van der Waals surface area contributed by atoms with Crippen molar-refractivity contribution < 1.29 is 14.6 Å². The van der Waals surface area contributed by atoms with Crippen LogP contribution in [0.1, 0.15) is 28.5 Å². The number of aromatic hydroxyl groups is 1. The van der Waals surface area contributed by atoms with Crippen LogP contribution in [0.2, 0.25) is 0 Å². The summed E-state index contributed by atoms with van der Waals surface area (Å²) in [5, 5.41) is 17.1. The first-order valence-electron chi connectivity index (χ1n) is 4.49. The van der Waals surface area contributed by atoms with E-state index in [1.165, 1.54) is 13.8 Å². The van der Waals surface area contributed by atoms with E-state index in [-0.39, 0.29) is 17.0 Å². The average Bonchev–Trinajstić information content (AvgIpc) is 2.22. The van der Waals surface area contributed by atoms with Crippen molar-refractivity contribution in [3.05, 3.63) is 27.2 Å². The van der Waals surface area contributed by atoms with Crippen LogP contribution in [0.15, 0.2) is 4.79 Å². The maximum absolute atomic E-state index is 11.5. The number of H-pyrrole nitrogens is 1. The van der Waals surface area contributed by atoms with Gasteiger partial charge in [-0.15, -0.1) is 0 Å². The van der Waals surface area contributed by atoms with Crippen molar-refractivity contribution in [2.75, 3.05) is 7.11 Å². The summed E-state index contributed by atoms with van der Waals surface area (Å²) >= 11 is 0. The highest BCUT2D eigenvalue weighted by molar-refractivity contribution is 5.98. The van der Waals surface area contributed by atoms with Crippen LogP contribution in [0.3, 0.4) is 0 Å². The van der Waals surface area contributed by atoms with Crippen molar-refractivity contribution in [1.29, 1.82) is 5.41 Å². The summed E-state index contributed by atoms with van der Waals surface area (Å²) in [4.78, 5) is 25.1. The van der Waals surface area contributed by atoms with E-state index in [9.17, 15) is 14.7 Å². The summed E-state index contributed by atoms with van der Waals surface area (Å²) in [6, 6.07) is 0. The molecule has 1 aromatic rings.